The lowest BCUT2D eigenvalue weighted by Gasteiger charge is -2.33. The maximum absolute atomic E-state index is 12.3. The fraction of sp³-hybridized carbons (Fsp3) is 0.429. The standard InChI is InChI=1S/C28H33N7O4/c1-28(2,3)39-27(36)34-12-10-19(11-13-34)18-38-22-16-29-26(30-17-22)21-7-5-6-20(14-21)15-24-32-31-23-8-9-25(37-4)33-35(23)24/h5-9,14,16-17,19H,10-13,15,18H2,1-4H3. The zero-order valence-electron chi connectivity index (χ0n) is 22.7. The van der Waals surface area contributed by atoms with Gasteiger partial charge >= 0.3 is 6.09 Å². The Morgan fingerprint density at radius 3 is 2.54 bits per heavy atom. The predicted octanol–water partition coefficient (Wildman–Crippen LogP) is 4.21. The molecule has 4 aromatic rings. The Morgan fingerprint density at radius 1 is 1.05 bits per heavy atom. The minimum Gasteiger partial charge on any atom is -0.490 e. The number of carbonyl (C=O) groups excluding carboxylic acids is 1. The van der Waals surface area contributed by atoms with E-state index < -0.39 is 5.60 Å². The third-order valence-electron chi connectivity index (χ3n) is 6.44. The van der Waals surface area contributed by atoms with Crippen molar-refractivity contribution in [1.82, 2.24) is 34.7 Å². The molecule has 1 aliphatic heterocycles. The van der Waals surface area contributed by atoms with Crippen LogP contribution in [0.2, 0.25) is 0 Å². The zero-order chi connectivity index (χ0) is 27.4. The van der Waals surface area contributed by atoms with Crippen molar-refractivity contribution in [3.63, 3.8) is 0 Å². The summed E-state index contributed by atoms with van der Waals surface area (Å²) in [5.74, 6) is 2.81. The van der Waals surface area contributed by atoms with Gasteiger partial charge < -0.3 is 19.1 Å². The minimum absolute atomic E-state index is 0.248. The number of methoxy groups -OCH3 is 1. The maximum Gasteiger partial charge on any atom is 0.410 e. The van der Waals surface area contributed by atoms with Crippen LogP contribution in [0.5, 0.6) is 11.6 Å². The number of nitrogens with zero attached hydrogens (tertiary/aromatic N) is 7. The smallest absolute Gasteiger partial charge is 0.410 e. The van der Waals surface area contributed by atoms with E-state index in [1.54, 1.807) is 35.0 Å². The molecule has 0 radical (unpaired) electrons. The van der Waals surface area contributed by atoms with Crippen LogP contribution in [0.3, 0.4) is 0 Å². The molecule has 0 N–H and O–H groups in total. The number of fused-ring (bicyclic) bond motifs is 1. The van der Waals surface area contributed by atoms with Gasteiger partial charge in [0, 0.05) is 31.1 Å². The molecule has 0 spiro atoms. The first-order valence-corrected chi connectivity index (χ1v) is 13.0. The van der Waals surface area contributed by atoms with Crippen LogP contribution in [-0.4, -0.2) is 73.2 Å². The molecule has 1 fully saturated rings. The molecule has 39 heavy (non-hydrogen) atoms. The topological polar surface area (TPSA) is 117 Å². The Kier molecular flexibility index (Phi) is 7.58. The van der Waals surface area contributed by atoms with Gasteiger partial charge in [0.15, 0.2) is 23.0 Å². The first kappa shape index (κ1) is 26.3. The lowest BCUT2D eigenvalue weighted by Crippen LogP contribution is -2.42. The fourth-order valence-electron chi connectivity index (χ4n) is 4.40. The normalized spacial score (nSPS) is 14.4. The molecule has 0 atom stereocenters. The largest absolute Gasteiger partial charge is 0.490 e. The van der Waals surface area contributed by atoms with Crippen LogP contribution in [-0.2, 0) is 11.2 Å². The van der Waals surface area contributed by atoms with Crippen molar-refractivity contribution >= 4 is 11.7 Å². The van der Waals surface area contributed by atoms with Crippen molar-refractivity contribution in [1.29, 1.82) is 0 Å². The van der Waals surface area contributed by atoms with Crippen molar-refractivity contribution in [3.05, 3.63) is 60.2 Å². The molecule has 11 heteroatoms. The Morgan fingerprint density at radius 2 is 1.82 bits per heavy atom. The number of hydrogen-bond acceptors (Lipinski definition) is 9. The molecule has 204 valence electrons. The van der Waals surface area contributed by atoms with E-state index in [9.17, 15) is 4.79 Å². The molecule has 4 heterocycles. The molecular weight excluding hydrogens is 498 g/mol. The number of likely N-dealkylation sites (tertiary alicyclic amines) is 1. The highest BCUT2D eigenvalue weighted by Gasteiger charge is 2.27. The van der Waals surface area contributed by atoms with Gasteiger partial charge in [0.2, 0.25) is 5.88 Å². The number of aromatic nitrogens is 6. The summed E-state index contributed by atoms with van der Waals surface area (Å²) >= 11 is 0. The number of piperidine rings is 1. The molecule has 0 aliphatic carbocycles. The van der Waals surface area contributed by atoms with E-state index in [1.165, 1.54) is 0 Å². The Bertz CT molecular complexity index is 1420. The van der Waals surface area contributed by atoms with E-state index >= 15 is 0 Å². The van der Waals surface area contributed by atoms with Crippen molar-refractivity contribution in [2.24, 2.45) is 5.92 Å². The average molecular weight is 532 g/mol. The van der Waals surface area contributed by atoms with Crippen molar-refractivity contribution in [2.45, 2.75) is 45.6 Å². The second-order valence-corrected chi connectivity index (χ2v) is 10.6. The summed E-state index contributed by atoms with van der Waals surface area (Å²) in [7, 11) is 1.58. The molecular formula is C28H33N7O4. The summed E-state index contributed by atoms with van der Waals surface area (Å²) in [6.07, 6.45) is 5.44. The second-order valence-electron chi connectivity index (χ2n) is 10.6. The Balaban J connectivity index is 1.16. The molecule has 3 aromatic heterocycles. The van der Waals surface area contributed by atoms with Crippen LogP contribution < -0.4 is 9.47 Å². The van der Waals surface area contributed by atoms with E-state index in [1.807, 2.05) is 51.1 Å². The van der Waals surface area contributed by atoms with E-state index in [0.29, 0.717) is 61.0 Å². The van der Waals surface area contributed by atoms with Gasteiger partial charge in [-0.1, -0.05) is 18.2 Å². The zero-order valence-corrected chi connectivity index (χ0v) is 22.7. The first-order chi connectivity index (χ1) is 18.8. The third-order valence-corrected chi connectivity index (χ3v) is 6.44. The maximum atomic E-state index is 12.3. The van der Waals surface area contributed by atoms with Crippen LogP contribution in [0.15, 0.2) is 48.8 Å². The van der Waals surface area contributed by atoms with Crippen LogP contribution in [0.1, 0.15) is 45.0 Å². The van der Waals surface area contributed by atoms with E-state index in [4.69, 9.17) is 14.2 Å². The first-order valence-electron chi connectivity index (χ1n) is 13.0. The molecule has 1 aromatic carbocycles. The average Bonchev–Trinajstić information content (AvgIpc) is 3.33. The highest BCUT2D eigenvalue weighted by molar-refractivity contribution is 5.68. The lowest BCUT2D eigenvalue weighted by atomic mass is 9.98. The third kappa shape index (κ3) is 6.60. The summed E-state index contributed by atoms with van der Waals surface area (Å²) in [6, 6.07) is 11.6. The molecule has 1 saturated heterocycles. The minimum atomic E-state index is -0.483. The van der Waals surface area contributed by atoms with Crippen LogP contribution in [0, 0.1) is 5.92 Å². The lowest BCUT2D eigenvalue weighted by molar-refractivity contribution is 0.0165. The number of amides is 1. The molecule has 0 saturated carbocycles. The fourth-order valence-corrected chi connectivity index (χ4v) is 4.40. The predicted molar refractivity (Wildman–Crippen MR) is 144 cm³/mol. The molecule has 1 amide bonds. The summed E-state index contributed by atoms with van der Waals surface area (Å²) in [4.78, 5) is 23.1. The van der Waals surface area contributed by atoms with Gasteiger partial charge in [0.25, 0.3) is 0 Å². The molecule has 0 unspecified atom stereocenters. The van der Waals surface area contributed by atoms with Gasteiger partial charge in [-0.05, 0) is 57.2 Å². The highest BCUT2D eigenvalue weighted by Crippen LogP contribution is 2.23. The van der Waals surface area contributed by atoms with Gasteiger partial charge in [0.1, 0.15) is 5.60 Å². The van der Waals surface area contributed by atoms with Gasteiger partial charge in [-0.15, -0.1) is 15.3 Å². The van der Waals surface area contributed by atoms with Crippen LogP contribution in [0.4, 0.5) is 4.79 Å². The van der Waals surface area contributed by atoms with Crippen molar-refractivity contribution in [2.75, 3.05) is 26.8 Å². The Labute approximate surface area is 227 Å². The van der Waals surface area contributed by atoms with Gasteiger partial charge in [-0.25, -0.2) is 14.8 Å². The number of benzene rings is 1. The molecule has 5 rings (SSSR count). The van der Waals surface area contributed by atoms with Crippen molar-refractivity contribution in [3.8, 4) is 23.0 Å². The quantitative estimate of drug-likeness (QED) is 0.346. The molecule has 0 bridgehead atoms. The second kappa shape index (κ2) is 11.2. The number of ether oxygens (including phenoxy) is 3. The van der Waals surface area contributed by atoms with E-state index in [0.717, 1.165) is 24.0 Å². The number of rotatable bonds is 7. The summed E-state index contributed by atoms with van der Waals surface area (Å²) < 4.78 is 18.4. The van der Waals surface area contributed by atoms with Gasteiger partial charge in [-0.3, -0.25) is 0 Å². The number of carbonyl (C=O) groups is 1. The highest BCUT2D eigenvalue weighted by atomic mass is 16.6. The Hall–Kier alpha value is -4.28. The summed E-state index contributed by atoms with van der Waals surface area (Å²) in [5, 5.41) is 12.9. The van der Waals surface area contributed by atoms with Gasteiger partial charge in [0.05, 0.1) is 26.1 Å². The number of hydrogen-bond donors (Lipinski definition) is 0. The van der Waals surface area contributed by atoms with E-state index in [2.05, 4.69) is 25.3 Å². The van der Waals surface area contributed by atoms with Gasteiger partial charge in [-0.2, -0.15) is 4.52 Å². The van der Waals surface area contributed by atoms with Crippen LogP contribution in [0.25, 0.3) is 17.0 Å². The van der Waals surface area contributed by atoms with Crippen molar-refractivity contribution < 1.29 is 19.0 Å². The van der Waals surface area contributed by atoms with Crippen LogP contribution >= 0.6 is 0 Å². The monoisotopic (exact) mass is 531 g/mol. The molecule has 11 nitrogen and oxygen atoms in total. The summed E-state index contributed by atoms with van der Waals surface area (Å²) in [6.45, 7) is 7.54. The molecule has 1 aliphatic rings. The SMILES string of the molecule is COc1ccc2nnc(Cc3cccc(-c4ncc(OCC5CCN(C(=O)OC(C)(C)C)CC5)cn4)c3)n2n1. The summed E-state index contributed by atoms with van der Waals surface area (Å²) in [5.41, 5.74) is 2.11. The van der Waals surface area contributed by atoms with E-state index in [-0.39, 0.29) is 6.09 Å².